The lowest BCUT2D eigenvalue weighted by molar-refractivity contribution is 0.452. The Kier molecular flexibility index (Phi) is 3.05. The monoisotopic (exact) mass is 246 g/mol. The Morgan fingerprint density at radius 3 is 3.18 bits per heavy atom. The van der Waals surface area contributed by atoms with E-state index in [9.17, 15) is 0 Å². The maximum absolute atomic E-state index is 5.28. The van der Waals surface area contributed by atoms with Crippen molar-refractivity contribution < 1.29 is 4.42 Å². The van der Waals surface area contributed by atoms with Crippen LogP contribution in [0.25, 0.3) is 0 Å². The third-order valence-electron chi connectivity index (χ3n) is 2.95. The van der Waals surface area contributed by atoms with Crippen LogP contribution in [0.1, 0.15) is 12.0 Å². The molecule has 2 aromatic rings. The number of nitrogens with zero attached hydrogens (tertiary/aromatic N) is 1. The Morgan fingerprint density at radius 1 is 1.35 bits per heavy atom. The fraction of sp³-hybridized carbons (Fsp3) is 0.308. The van der Waals surface area contributed by atoms with Gasteiger partial charge in [-0.2, -0.15) is 0 Å². The third-order valence-corrected chi connectivity index (χ3v) is 4.09. The molecule has 0 fully saturated rings. The van der Waals surface area contributed by atoms with Gasteiger partial charge in [0.25, 0.3) is 5.22 Å². The molecular formula is C13H14N2OS. The highest BCUT2D eigenvalue weighted by Crippen LogP contribution is 2.29. The van der Waals surface area contributed by atoms with Gasteiger partial charge in [-0.05, 0) is 24.5 Å². The molecule has 88 valence electrons. The van der Waals surface area contributed by atoms with Crippen LogP contribution >= 0.6 is 11.8 Å². The van der Waals surface area contributed by atoms with Crippen molar-refractivity contribution in [3.63, 3.8) is 0 Å². The van der Waals surface area contributed by atoms with Crippen molar-refractivity contribution in [3.8, 4) is 0 Å². The third kappa shape index (κ3) is 2.47. The lowest BCUT2D eigenvalue weighted by atomic mass is 10.1. The van der Waals surface area contributed by atoms with Gasteiger partial charge in [0, 0.05) is 17.5 Å². The van der Waals surface area contributed by atoms with Crippen LogP contribution in [0, 0.1) is 0 Å². The summed E-state index contributed by atoms with van der Waals surface area (Å²) in [6.07, 6.45) is 5.58. The van der Waals surface area contributed by atoms with Crippen LogP contribution in [0.3, 0.4) is 0 Å². The van der Waals surface area contributed by atoms with E-state index in [0.717, 1.165) is 24.6 Å². The molecule has 1 aromatic carbocycles. The second kappa shape index (κ2) is 4.84. The molecule has 1 aliphatic rings. The first kappa shape index (κ1) is 10.7. The van der Waals surface area contributed by atoms with Gasteiger partial charge in [-0.3, -0.25) is 0 Å². The minimum atomic E-state index is 0.515. The van der Waals surface area contributed by atoms with Crippen LogP contribution in [0.4, 0.5) is 5.69 Å². The smallest absolute Gasteiger partial charge is 0.255 e. The highest BCUT2D eigenvalue weighted by molar-refractivity contribution is 7.99. The summed E-state index contributed by atoms with van der Waals surface area (Å²) in [6.45, 7) is 0.962. The molecule has 17 heavy (non-hydrogen) atoms. The summed E-state index contributed by atoms with van der Waals surface area (Å²) >= 11 is 1.71. The number of aryl methyl sites for hydroxylation is 1. The van der Waals surface area contributed by atoms with Crippen LogP contribution in [0.15, 0.2) is 46.4 Å². The van der Waals surface area contributed by atoms with Crippen molar-refractivity contribution >= 4 is 17.4 Å². The molecule has 0 bridgehead atoms. The van der Waals surface area contributed by atoms with E-state index >= 15 is 0 Å². The molecule has 1 atom stereocenters. The number of oxazole rings is 1. The number of hydrogen-bond donors (Lipinski definition) is 1. The Balaban J connectivity index is 1.69. The Hall–Kier alpha value is -1.42. The van der Waals surface area contributed by atoms with E-state index in [1.54, 1.807) is 24.2 Å². The molecule has 0 saturated heterocycles. The van der Waals surface area contributed by atoms with Crippen molar-refractivity contribution in [1.29, 1.82) is 0 Å². The first-order valence-electron chi connectivity index (χ1n) is 5.80. The minimum Gasteiger partial charge on any atom is -0.440 e. The van der Waals surface area contributed by atoms with Crippen molar-refractivity contribution in [2.24, 2.45) is 0 Å². The number of benzene rings is 1. The van der Waals surface area contributed by atoms with Gasteiger partial charge in [-0.25, -0.2) is 4.98 Å². The van der Waals surface area contributed by atoms with Crippen LogP contribution in [0.2, 0.25) is 0 Å². The topological polar surface area (TPSA) is 38.1 Å². The summed E-state index contributed by atoms with van der Waals surface area (Å²) in [4.78, 5) is 4.16. The number of rotatable bonds is 2. The molecule has 0 spiro atoms. The van der Waals surface area contributed by atoms with E-state index in [0.29, 0.717) is 5.25 Å². The molecular weight excluding hydrogens is 232 g/mol. The maximum Gasteiger partial charge on any atom is 0.255 e. The highest BCUT2D eigenvalue weighted by Gasteiger charge is 2.17. The van der Waals surface area contributed by atoms with Crippen LogP contribution in [-0.2, 0) is 6.42 Å². The first-order chi connectivity index (χ1) is 8.42. The summed E-state index contributed by atoms with van der Waals surface area (Å²) in [5, 5.41) is 4.78. The highest BCUT2D eigenvalue weighted by atomic mass is 32.2. The lowest BCUT2D eigenvalue weighted by Crippen LogP contribution is -2.14. The average Bonchev–Trinajstić information content (AvgIpc) is 2.78. The molecule has 0 amide bonds. The van der Waals surface area contributed by atoms with E-state index in [4.69, 9.17) is 4.42 Å². The van der Waals surface area contributed by atoms with Gasteiger partial charge < -0.3 is 9.73 Å². The maximum atomic E-state index is 5.28. The number of para-hydroxylation sites is 1. The summed E-state index contributed by atoms with van der Waals surface area (Å²) in [6, 6.07) is 8.52. The molecule has 1 unspecified atom stereocenters. The molecule has 1 aromatic heterocycles. The number of aromatic nitrogens is 1. The van der Waals surface area contributed by atoms with E-state index in [1.165, 1.54) is 11.3 Å². The van der Waals surface area contributed by atoms with Crippen molar-refractivity contribution in [2.75, 3.05) is 11.9 Å². The van der Waals surface area contributed by atoms with Gasteiger partial charge >= 0.3 is 0 Å². The van der Waals surface area contributed by atoms with Gasteiger partial charge in [-0.15, -0.1) is 0 Å². The zero-order chi connectivity index (χ0) is 11.5. The summed E-state index contributed by atoms with van der Waals surface area (Å²) in [5.41, 5.74) is 2.67. The van der Waals surface area contributed by atoms with E-state index in [-0.39, 0.29) is 0 Å². The predicted octanol–water partition coefficient (Wildman–Crippen LogP) is 3.19. The van der Waals surface area contributed by atoms with Gasteiger partial charge in [0.2, 0.25) is 0 Å². The Morgan fingerprint density at radius 2 is 2.29 bits per heavy atom. The van der Waals surface area contributed by atoms with Crippen LogP contribution in [-0.4, -0.2) is 16.8 Å². The number of hydrogen-bond acceptors (Lipinski definition) is 4. The van der Waals surface area contributed by atoms with Crippen molar-refractivity contribution in [2.45, 2.75) is 23.3 Å². The second-order valence-electron chi connectivity index (χ2n) is 4.11. The molecule has 0 radical (unpaired) electrons. The SMILES string of the molecule is c1ccc2c(c1)CCC(Sc1ncco1)CN2. The fourth-order valence-corrected chi connectivity index (χ4v) is 2.99. The fourth-order valence-electron chi connectivity index (χ4n) is 2.06. The molecule has 3 nitrogen and oxygen atoms in total. The summed E-state index contributed by atoms with van der Waals surface area (Å²) < 4.78 is 5.28. The van der Waals surface area contributed by atoms with Crippen molar-refractivity contribution in [1.82, 2.24) is 4.98 Å². The van der Waals surface area contributed by atoms with E-state index in [1.807, 2.05) is 0 Å². The predicted molar refractivity (Wildman–Crippen MR) is 69.4 cm³/mol. The lowest BCUT2D eigenvalue weighted by Gasteiger charge is -2.11. The van der Waals surface area contributed by atoms with Gasteiger partial charge in [0.05, 0.1) is 6.20 Å². The number of nitrogens with one attached hydrogen (secondary N) is 1. The van der Waals surface area contributed by atoms with Gasteiger partial charge in [0.15, 0.2) is 0 Å². The van der Waals surface area contributed by atoms with Crippen LogP contribution in [0.5, 0.6) is 0 Å². The number of fused-ring (bicyclic) bond motifs is 1. The Labute approximate surface area is 105 Å². The molecule has 0 aliphatic carbocycles. The first-order valence-corrected chi connectivity index (χ1v) is 6.68. The summed E-state index contributed by atoms with van der Waals surface area (Å²) in [5.74, 6) is 0. The van der Waals surface area contributed by atoms with Crippen molar-refractivity contribution in [3.05, 3.63) is 42.3 Å². The molecule has 2 heterocycles. The molecule has 1 N–H and O–H groups in total. The Bertz CT molecular complexity index is 457. The van der Waals surface area contributed by atoms with Gasteiger partial charge in [-0.1, -0.05) is 30.0 Å². The van der Waals surface area contributed by atoms with Gasteiger partial charge in [0.1, 0.15) is 6.26 Å². The normalized spacial score (nSPS) is 19.2. The number of anilines is 1. The minimum absolute atomic E-state index is 0.515. The zero-order valence-electron chi connectivity index (χ0n) is 9.43. The zero-order valence-corrected chi connectivity index (χ0v) is 10.2. The quantitative estimate of drug-likeness (QED) is 0.883. The van der Waals surface area contributed by atoms with E-state index in [2.05, 4.69) is 34.6 Å². The largest absolute Gasteiger partial charge is 0.440 e. The number of thioether (sulfide) groups is 1. The second-order valence-corrected chi connectivity index (χ2v) is 5.37. The molecule has 4 heteroatoms. The van der Waals surface area contributed by atoms with Crippen LogP contribution < -0.4 is 5.32 Å². The standard InChI is InChI=1S/C13H14N2OS/c1-2-4-12-10(3-1)5-6-11(9-15-12)17-13-14-7-8-16-13/h1-4,7-8,11,15H,5-6,9H2. The molecule has 1 aliphatic heterocycles. The van der Waals surface area contributed by atoms with E-state index < -0.39 is 0 Å². The molecule has 0 saturated carbocycles. The molecule has 3 rings (SSSR count). The average molecular weight is 246 g/mol. The summed E-state index contributed by atoms with van der Waals surface area (Å²) in [7, 11) is 0.